The first-order valence-electron chi connectivity index (χ1n) is 10.1. The summed E-state index contributed by atoms with van der Waals surface area (Å²) in [7, 11) is -3.67. The number of sulfonamides is 1. The molecule has 1 aliphatic rings. The quantitative estimate of drug-likeness (QED) is 0.577. The van der Waals surface area contributed by atoms with Crippen LogP contribution in [0, 0.1) is 13.8 Å². The van der Waals surface area contributed by atoms with Crippen molar-refractivity contribution >= 4 is 38.9 Å². The minimum absolute atomic E-state index is 0.258. The molecular formula is C24H23ClN2O3S. The van der Waals surface area contributed by atoms with Crippen LogP contribution in [-0.4, -0.2) is 20.9 Å². The molecular weight excluding hydrogens is 432 g/mol. The van der Waals surface area contributed by atoms with Gasteiger partial charge in [0.15, 0.2) is 0 Å². The van der Waals surface area contributed by atoms with Crippen LogP contribution in [0.5, 0.6) is 0 Å². The van der Waals surface area contributed by atoms with Crippen molar-refractivity contribution < 1.29 is 13.2 Å². The molecule has 1 aliphatic heterocycles. The van der Waals surface area contributed by atoms with E-state index in [-0.39, 0.29) is 10.8 Å². The molecule has 7 heteroatoms. The largest absolute Gasteiger partial charge is 0.322 e. The van der Waals surface area contributed by atoms with Crippen molar-refractivity contribution in [2.45, 2.75) is 31.6 Å². The summed E-state index contributed by atoms with van der Waals surface area (Å²) in [4.78, 5) is 13.1. The molecule has 3 aromatic rings. The molecule has 0 radical (unpaired) electrons. The first-order chi connectivity index (χ1) is 14.8. The average Bonchev–Trinajstić information content (AvgIpc) is 2.75. The Labute approximate surface area is 187 Å². The van der Waals surface area contributed by atoms with Gasteiger partial charge in [0.25, 0.3) is 15.9 Å². The van der Waals surface area contributed by atoms with Gasteiger partial charge < -0.3 is 5.32 Å². The number of halogens is 1. The monoisotopic (exact) mass is 454 g/mol. The summed E-state index contributed by atoms with van der Waals surface area (Å²) in [5.41, 5.74) is 4.51. The molecule has 0 atom stereocenters. The SMILES string of the molecule is Cc1ccc(S(=O)(=O)N2CCCc3cc(C(=O)Nc4cc(Cl)ccc4C)ccc32)cc1. The van der Waals surface area contributed by atoms with Crippen LogP contribution in [0.25, 0.3) is 0 Å². The molecule has 0 aliphatic carbocycles. The molecule has 1 N–H and O–H groups in total. The number of amides is 1. The lowest BCUT2D eigenvalue weighted by Crippen LogP contribution is -2.35. The summed E-state index contributed by atoms with van der Waals surface area (Å²) in [6, 6.07) is 17.3. The van der Waals surface area contributed by atoms with Gasteiger partial charge in [-0.25, -0.2) is 8.42 Å². The summed E-state index contributed by atoms with van der Waals surface area (Å²) < 4.78 is 27.9. The van der Waals surface area contributed by atoms with Gasteiger partial charge in [0, 0.05) is 22.8 Å². The normalized spacial score (nSPS) is 13.6. The van der Waals surface area contributed by atoms with Gasteiger partial charge >= 0.3 is 0 Å². The standard InChI is InChI=1S/C24H23ClN2O3S/c1-16-5-10-21(11-6-16)31(29,30)27-13-3-4-18-14-19(8-12-23(18)27)24(28)26-22-15-20(25)9-7-17(22)2/h5-12,14-15H,3-4,13H2,1-2H3,(H,26,28). The third kappa shape index (κ3) is 4.31. The maximum absolute atomic E-state index is 13.2. The first kappa shape index (κ1) is 21.4. The maximum atomic E-state index is 13.2. The van der Waals surface area contributed by atoms with Gasteiger partial charge in [0.05, 0.1) is 10.6 Å². The van der Waals surface area contributed by atoms with Gasteiger partial charge in [-0.3, -0.25) is 9.10 Å². The van der Waals surface area contributed by atoms with Gasteiger partial charge in [-0.05, 0) is 80.3 Å². The van der Waals surface area contributed by atoms with Crippen LogP contribution < -0.4 is 9.62 Å². The second kappa shape index (κ2) is 8.36. The number of carbonyl (C=O) groups excluding carboxylic acids is 1. The van der Waals surface area contributed by atoms with Crippen molar-refractivity contribution in [2.24, 2.45) is 0 Å². The van der Waals surface area contributed by atoms with Crippen LogP contribution in [0.15, 0.2) is 65.6 Å². The Morgan fingerprint density at radius 2 is 1.74 bits per heavy atom. The molecule has 1 amide bonds. The van der Waals surface area contributed by atoms with Gasteiger partial charge in [-0.2, -0.15) is 0 Å². The van der Waals surface area contributed by atoms with E-state index >= 15 is 0 Å². The highest BCUT2D eigenvalue weighted by atomic mass is 35.5. The zero-order valence-corrected chi connectivity index (χ0v) is 18.9. The number of benzene rings is 3. The Hall–Kier alpha value is -2.83. The van der Waals surface area contributed by atoms with Gasteiger partial charge in [0.2, 0.25) is 0 Å². The van der Waals surface area contributed by atoms with E-state index in [4.69, 9.17) is 11.6 Å². The average molecular weight is 455 g/mol. The van der Waals surface area contributed by atoms with E-state index in [0.717, 1.165) is 16.7 Å². The van der Waals surface area contributed by atoms with Crippen molar-refractivity contribution in [1.82, 2.24) is 0 Å². The molecule has 0 fully saturated rings. The van der Waals surface area contributed by atoms with Gasteiger partial charge in [-0.15, -0.1) is 0 Å². The molecule has 0 bridgehead atoms. The summed E-state index contributed by atoms with van der Waals surface area (Å²) in [5, 5.41) is 3.44. The number of hydrogen-bond donors (Lipinski definition) is 1. The Morgan fingerprint density at radius 1 is 1.00 bits per heavy atom. The molecule has 0 unspecified atom stereocenters. The van der Waals surface area contributed by atoms with Crippen molar-refractivity contribution in [3.63, 3.8) is 0 Å². The van der Waals surface area contributed by atoms with E-state index in [1.807, 2.05) is 19.9 Å². The Morgan fingerprint density at radius 3 is 2.48 bits per heavy atom. The Kier molecular flexibility index (Phi) is 5.77. The lowest BCUT2D eigenvalue weighted by atomic mass is 10.0. The number of nitrogens with one attached hydrogen (secondary N) is 1. The Bertz CT molecular complexity index is 1250. The van der Waals surface area contributed by atoms with Crippen molar-refractivity contribution in [1.29, 1.82) is 0 Å². The molecule has 0 aromatic heterocycles. The van der Waals surface area contributed by atoms with Crippen molar-refractivity contribution in [3.05, 3.63) is 87.9 Å². The molecule has 3 aromatic carbocycles. The molecule has 1 heterocycles. The smallest absolute Gasteiger partial charge is 0.264 e. The second-order valence-corrected chi connectivity index (χ2v) is 10.0. The molecule has 0 saturated carbocycles. The highest BCUT2D eigenvalue weighted by Gasteiger charge is 2.29. The fourth-order valence-corrected chi connectivity index (χ4v) is 5.43. The van der Waals surface area contributed by atoms with E-state index in [2.05, 4.69) is 5.32 Å². The molecule has 0 spiro atoms. The van der Waals surface area contributed by atoms with Crippen molar-refractivity contribution in [3.8, 4) is 0 Å². The van der Waals surface area contributed by atoms with E-state index in [9.17, 15) is 13.2 Å². The number of fused-ring (bicyclic) bond motifs is 1. The lowest BCUT2D eigenvalue weighted by molar-refractivity contribution is 0.102. The van der Waals surface area contributed by atoms with Gasteiger partial charge in [0.1, 0.15) is 0 Å². The topological polar surface area (TPSA) is 66.5 Å². The van der Waals surface area contributed by atoms with Crippen LogP contribution in [0.4, 0.5) is 11.4 Å². The molecule has 31 heavy (non-hydrogen) atoms. The maximum Gasteiger partial charge on any atom is 0.264 e. The summed E-state index contributed by atoms with van der Waals surface area (Å²) >= 11 is 6.05. The number of carbonyl (C=O) groups is 1. The predicted molar refractivity (Wildman–Crippen MR) is 125 cm³/mol. The van der Waals surface area contributed by atoms with Crippen LogP contribution in [-0.2, 0) is 16.4 Å². The van der Waals surface area contributed by atoms with Crippen LogP contribution in [0.2, 0.25) is 5.02 Å². The summed E-state index contributed by atoms with van der Waals surface area (Å²) in [5.74, 6) is -0.258. The number of hydrogen-bond acceptors (Lipinski definition) is 3. The van der Waals surface area contributed by atoms with Crippen molar-refractivity contribution in [2.75, 3.05) is 16.2 Å². The third-order valence-electron chi connectivity index (χ3n) is 5.47. The number of nitrogens with zero attached hydrogens (tertiary/aromatic N) is 1. The molecule has 5 nitrogen and oxygen atoms in total. The Balaban J connectivity index is 1.63. The predicted octanol–water partition coefficient (Wildman–Crippen LogP) is 5.35. The zero-order chi connectivity index (χ0) is 22.2. The van der Waals surface area contributed by atoms with Crippen LogP contribution >= 0.6 is 11.6 Å². The number of rotatable bonds is 4. The lowest BCUT2D eigenvalue weighted by Gasteiger charge is -2.30. The van der Waals surface area contributed by atoms with Crippen LogP contribution in [0.1, 0.15) is 33.5 Å². The van der Waals surface area contributed by atoms with E-state index in [1.54, 1.807) is 54.6 Å². The third-order valence-corrected chi connectivity index (χ3v) is 7.54. The fourth-order valence-electron chi connectivity index (χ4n) is 3.71. The molecule has 160 valence electrons. The van der Waals surface area contributed by atoms with E-state index < -0.39 is 10.0 Å². The zero-order valence-electron chi connectivity index (χ0n) is 17.4. The highest BCUT2D eigenvalue weighted by Crippen LogP contribution is 2.33. The summed E-state index contributed by atoms with van der Waals surface area (Å²) in [6.45, 7) is 4.23. The summed E-state index contributed by atoms with van der Waals surface area (Å²) in [6.07, 6.45) is 1.41. The highest BCUT2D eigenvalue weighted by molar-refractivity contribution is 7.92. The van der Waals surface area contributed by atoms with Crippen LogP contribution in [0.3, 0.4) is 0 Å². The van der Waals surface area contributed by atoms with E-state index in [0.29, 0.717) is 41.3 Å². The fraction of sp³-hybridized carbons (Fsp3) is 0.208. The second-order valence-electron chi connectivity index (χ2n) is 7.75. The molecule has 4 rings (SSSR count). The minimum atomic E-state index is -3.67. The first-order valence-corrected chi connectivity index (χ1v) is 11.9. The number of anilines is 2. The molecule has 0 saturated heterocycles. The van der Waals surface area contributed by atoms with E-state index in [1.165, 1.54) is 4.31 Å². The number of aryl methyl sites for hydroxylation is 3. The minimum Gasteiger partial charge on any atom is -0.322 e. The van der Waals surface area contributed by atoms with Gasteiger partial charge in [-0.1, -0.05) is 35.4 Å².